The molecule has 0 aromatic rings. The summed E-state index contributed by atoms with van der Waals surface area (Å²) in [5, 5.41) is 0. The minimum absolute atomic E-state index is 0.128. The van der Waals surface area contributed by atoms with Crippen LogP contribution in [0.15, 0.2) is 0 Å². The van der Waals surface area contributed by atoms with E-state index in [1.54, 1.807) is 0 Å². The van der Waals surface area contributed by atoms with Crippen LogP contribution in [0.4, 0.5) is 0 Å². The second-order valence-electron chi connectivity index (χ2n) is 6.88. The van der Waals surface area contributed by atoms with Gasteiger partial charge in [-0.2, -0.15) is 0 Å². The first-order valence-electron chi connectivity index (χ1n) is 8.43. The van der Waals surface area contributed by atoms with Gasteiger partial charge in [0.1, 0.15) is 0 Å². The van der Waals surface area contributed by atoms with Crippen molar-refractivity contribution in [3.8, 4) is 0 Å². The van der Waals surface area contributed by atoms with Gasteiger partial charge >= 0.3 is 0 Å². The maximum atomic E-state index is 6.38. The van der Waals surface area contributed by atoms with E-state index in [0.29, 0.717) is 30.0 Å². The third-order valence-corrected chi connectivity index (χ3v) is 5.60. The molecule has 7 atom stereocenters. The van der Waals surface area contributed by atoms with Gasteiger partial charge < -0.3 is 14.2 Å². The van der Waals surface area contributed by atoms with E-state index in [1.807, 2.05) is 0 Å². The molecule has 2 rings (SSSR count). The molecule has 2 heterocycles. The maximum absolute atomic E-state index is 6.38. The molecular formula is C17H32O3. The van der Waals surface area contributed by atoms with Gasteiger partial charge in [-0.1, -0.05) is 34.6 Å². The molecule has 0 bridgehead atoms. The van der Waals surface area contributed by atoms with Crippen LogP contribution in [-0.2, 0) is 14.2 Å². The third-order valence-electron chi connectivity index (χ3n) is 5.60. The van der Waals surface area contributed by atoms with E-state index >= 15 is 0 Å². The van der Waals surface area contributed by atoms with Crippen molar-refractivity contribution in [3.63, 3.8) is 0 Å². The highest BCUT2D eigenvalue weighted by molar-refractivity contribution is 4.85. The van der Waals surface area contributed by atoms with Crippen LogP contribution in [0, 0.1) is 17.8 Å². The summed E-state index contributed by atoms with van der Waals surface area (Å²) in [5.74, 6) is 1.20. The molecule has 0 aromatic carbocycles. The Morgan fingerprint density at radius 1 is 1.05 bits per heavy atom. The van der Waals surface area contributed by atoms with Gasteiger partial charge in [0.25, 0.3) is 0 Å². The molecule has 20 heavy (non-hydrogen) atoms. The molecule has 0 saturated carbocycles. The fraction of sp³-hybridized carbons (Fsp3) is 1.00. The van der Waals surface area contributed by atoms with Gasteiger partial charge in [0, 0.05) is 12.3 Å². The maximum Gasteiger partial charge on any atom is 0.171 e. The Hall–Kier alpha value is -0.120. The van der Waals surface area contributed by atoms with E-state index in [4.69, 9.17) is 14.2 Å². The first-order chi connectivity index (χ1) is 9.42. The highest BCUT2D eigenvalue weighted by Gasteiger charge is 2.45. The quantitative estimate of drug-likeness (QED) is 0.768. The first kappa shape index (κ1) is 16.3. The van der Waals surface area contributed by atoms with Crippen molar-refractivity contribution >= 4 is 0 Å². The average molecular weight is 284 g/mol. The lowest BCUT2D eigenvalue weighted by Gasteiger charge is -2.46. The van der Waals surface area contributed by atoms with Gasteiger partial charge in [-0.05, 0) is 38.0 Å². The zero-order valence-electron chi connectivity index (χ0n) is 14.0. The summed E-state index contributed by atoms with van der Waals surface area (Å²) in [6, 6.07) is 0. The van der Waals surface area contributed by atoms with E-state index in [0.717, 1.165) is 25.7 Å². The van der Waals surface area contributed by atoms with Crippen LogP contribution in [-0.4, -0.2) is 24.3 Å². The SMILES string of the molecule is CCC1OC(OC2(CC)CCC(C)O2)C(C)C(C)C1C. The Labute approximate surface area is 124 Å². The van der Waals surface area contributed by atoms with Gasteiger partial charge in [-0.15, -0.1) is 0 Å². The average Bonchev–Trinajstić information content (AvgIpc) is 2.81. The molecule has 7 unspecified atom stereocenters. The molecule has 0 N–H and O–H groups in total. The van der Waals surface area contributed by atoms with Crippen molar-refractivity contribution in [2.45, 2.75) is 91.5 Å². The number of ether oxygens (including phenoxy) is 3. The standard InChI is InChI=1S/C17H32O3/c1-7-15-13(5)12(4)14(6)16(18-15)20-17(8-2)10-9-11(3)19-17/h11-16H,7-10H2,1-6H3. The van der Waals surface area contributed by atoms with Crippen molar-refractivity contribution in [2.75, 3.05) is 0 Å². The molecule has 0 aromatic heterocycles. The van der Waals surface area contributed by atoms with Crippen LogP contribution < -0.4 is 0 Å². The topological polar surface area (TPSA) is 27.7 Å². The molecule has 3 nitrogen and oxygen atoms in total. The minimum Gasteiger partial charge on any atom is -0.349 e. The molecule has 2 aliphatic heterocycles. The van der Waals surface area contributed by atoms with Crippen molar-refractivity contribution < 1.29 is 14.2 Å². The summed E-state index contributed by atoms with van der Waals surface area (Å²) >= 11 is 0. The molecule has 0 amide bonds. The molecule has 0 aliphatic carbocycles. The largest absolute Gasteiger partial charge is 0.349 e. The summed E-state index contributed by atoms with van der Waals surface area (Å²) < 4.78 is 18.7. The molecule has 0 spiro atoms. The molecule has 2 saturated heterocycles. The van der Waals surface area contributed by atoms with Gasteiger partial charge in [-0.25, -0.2) is 0 Å². The zero-order chi connectivity index (χ0) is 14.9. The summed E-state index contributed by atoms with van der Waals surface area (Å²) in [6.07, 6.45) is 4.48. The van der Waals surface area contributed by atoms with Gasteiger partial charge in [0.05, 0.1) is 12.2 Å². The highest BCUT2D eigenvalue weighted by Crippen LogP contribution is 2.42. The minimum atomic E-state index is -0.420. The molecular weight excluding hydrogens is 252 g/mol. The predicted octanol–water partition coefficient (Wildman–Crippen LogP) is 4.35. The zero-order valence-corrected chi connectivity index (χ0v) is 14.0. The van der Waals surface area contributed by atoms with E-state index in [9.17, 15) is 0 Å². The Bertz CT molecular complexity index is 317. The fourth-order valence-corrected chi connectivity index (χ4v) is 3.64. The highest BCUT2D eigenvalue weighted by atomic mass is 16.8. The van der Waals surface area contributed by atoms with E-state index < -0.39 is 5.79 Å². The van der Waals surface area contributed by atoms with Crippen LogP contribution >= 0.6 is 0 Å². The molecule has 118 valence electrons. The summed E-state index contributed by atoms with van der Waals surface area (Å²) in [6.45, 7) is 13.4. The summed E-state index contributed by atoms with van der Waals surface area (Å²) in [5.41, 5.74) is 0. The molecule has 0 radical (unpaired) electrons. The smallest absolute Gasteiger partial charge is 0.171 e. The number of hydrogen-bond donors (Lipinski definition) is 0. The fourth-order valence-electron chi connectivity index (χ4n) is 3.64. The van der Waals surface area contributed by atoms with Crippen LogP contribution in [0.5, 0.6) is 0 Å². The lowest BCUT2D eigenvalue weighted by molar-refractivity contribution is -0.343. The Kier molecular flexibility index (Phi) is 5.14. The molecule has 2 fully saturated rings. The van der Waals surface area contributed by atoms with E-state index in [1.165, 1.54) is 0 Å². The second kappa shape index (κ2) is 6.33. The Balaban J connectivity index is 2.07. The summed E-state index contributed by atoms with van der Waals surface area (Å²) in [4.78, 5) is 0. The summed E-state index contributed by atoms with van der Waals surface area (Å²) in [7, 11) is 0. The Morgan fingerprint density at radius 3 is 2.25 bits per heavy atom. The van der Waals surface area contributed by atoms with Crippen molar-refractivity contribution in [1.29, 1.82) is 0 Å². The monoisotopic (exact) mass is 284 g/mol. The van der Waals surface area contributed by atoms with Crippen molar-refractivity contribution in [3.05, 3.63) is 0 Å². The Morgan fingerprint density at radius 2 is 1.75 bits per heavy atom. The van der Waals surface area contributed by atoms with Crippen LogP contribution in [0.3, 0.4) is 0 Å². The van der Waals surface area contributed by atoms with Gasteiger partial charge in [-0.3, -0.25) is 0 Å². The van der Waals surface area contributed by atoms with E-state index in [2.05, 4.69) is 41.5 Å². The molecule has 2 aliphatic rings. The van der Waals surface area contributed by atoms with Gasteiger partial charge in [0.15, 0.2) is 12.1 Å². The normalized spacial score (nSPS) is 49.5. The number of rotatable bonds is 4. The molecule has 3 heteroatoms. The van der Waals surface area contributed by atoms with Crippen LogP contribution in [0.1, 0.15) is 67.2 Å². The second-order valence-corrected chi connectivity index (χ2v) is 6.88. The van der Waals surface area contributed by atoms with E-state index in [-0.39, 0.29) is 6.29 Å². The number of hydrogen-bond acceptors (Lipinski definition) is 3. The van der Waals surface area contributed by atoms with Crippen molar-refractivity contribution in [1.82, 2.24) is 0 Å². The predicted molar refractivity (Wildman–Crippen MR) is 80.3 cm³/mol. The van der Waals surface area contributed by atoms with Crippen molar-refractivity contribution in [2.24, 2.45) is 17.8 Å². The van der Waals surface area contributed by atoms with Crippen LogP contribution in [0.2, 0.25) is 0 Å². The van der Waals surface area contributed by atoms with Gasteiger partial charge in [0.2, 0.25) is 0 Å². The van der Waals surface area contributed by atoms with Crippen LogP contribution in [0.25, 0.3) is 0 Å². The lowest BCUT2D eigenvalue weighted by Crippen LogP contribution is -2.49. The third kappa shape index (κ3) is 3.05. The first-order valence-corrected chi connectivity index (χ1v) is 8.43. The lowest BCUT2D eigenvalue weighted by atomic mass is 9.78.